The summed E-state index contributed by atoms with van der Waals surface area (Å²) in [6.45, 7) is 13.4. The second-order valence-electron chi connectivity index (χ2n) is 11.4. The molecule has 4 rings (SSSR count). The average molecular weight is 601 g/mol. The summed E-state index contributed by atoms with van der Waals surface area (Å²) in [6.07, 6.45) is 2.16. The van der Waals surface area contributed by atoms with Crippen molar-refractivity contribution in [3.8, 4) is 17.1 Å². The highest BCUT2D eigenvalue weighted by molar-refractivity contribution is 7.93. The van der Waals surface area contributed by atoms with Crippen LogP contribution in [0.15, 0.2) is 60.9 Å². The Bertz CT molecular complexity index is 1600. The fourth-order valence-electron chi connectivity index (χ4n) is 3.82. The van der Waals surface area contributed by atoms with Crippen LogP contribution in [0.4, 0.5) is 14.7 Å². The lowest BCUT2D eigenvalue weighted by Gasteiger charge is -2.40. The van der Waals surface area contributed by atoms with Crippen LogP contribution in [0.3, 0.4) is 0 Å². The Balaban J connectivity index is 1.81. The van der Waals surface area contributed by atoms with E-state index in [9.17, 15) is 8.42 Å². The van der Waals surface area contributed by atoms with Gasteiger partial charge in [-0.3, -0.25) is 9.29 Å². The second-order valence-corrected chi connectivity index (χ2v) is 18.2. The van der Waals surface area contributed by atoms with Gasteiger partial charge in [0.05, 0.1) is 0 Å². The van der Waals surface area contributed by atoms with Crippen molar-refractivity contribution in [1.29, 1.82) is 0 Å². The fraction of sp³-hybridized carbons (Fsp3) is 0.357. The Hall–Kier alpha value is -3.55. The number of aryl methyl sites for hydroxylation is 1. The topological polar surface area (TPSA) is 112 Å². The minimum atomic E-state index is -4.31. The van der Waals surface area contributed by atoms with Gasteiger partial charge in [-0.1, -0.05) is 57.2 Å². The van der Waals surface area contributed by atoms with E-state index in [0.717, 1.165) is 22.3 Å². The number of nitrogens with zero attached hydrogens (tertiary/aromatic N) is 5. The normalized spacial score (nSPS) is 14.1. The first-order valence-electron chi connectivity index (χ1n) is 13.1. The van der Waals surface area contributed by atoms with Crippen LogP contribution >= 0.6 is 0 Å². The molecule has 9 nitrogen and oxygen atoms in total. The smallest absolute Gasteiger partial charge is 0.243 e. The van der Waals surface area contributed by atoms with Crippen LogP contribution < -0.4 is 4.72 Å². The van der Waals surface area contributed by atoms with Crippen molar-refractivity contribution >= 4 is 24.3 Å². The lowest BCUT2D eigenvalue weighted by molar-refractivity contribution is 0.172. The van der Waals surface area contributed by atoms with Crippen LogP contribution in [0.2, 0.25) is 18.1 Å². The van der Waals surface area contributed by atoms with Gasteiger partial charge in [0.1, 0.15) is 28.7 Å². The third-order valence-electron chi connectivity index (χ3n) is 7.29. The summed E-state index contributed by atoms with van der Waals surface area (Å²) in [6, 6.07) is 11.9. The molecule has 2 heterocycles. The average Bonchev–Trinajstić information content (AvgIpc) is 3.29. The molecule has 0 aliphatic rings. The highest BCUT2D eigenvalue weighted by atomic mass is 32.2. The van der Waals surface area contributed by atoms with Gasteiger partial charge in [0.25, 0.3) is 0 Å². The monoisotopic (exact) mass is 600 g/mol. The lowest BCUT2D eigenvalue weighted by Crippen LogP contribution is -2.45. The van der Waals surface area contributed by atoms with Gasteiger partial charge in [0.15, 0.2) is 20.0 Å². The molecule has 0 saturated carbocycles. The molecule has 0 saturated heterocycles. The van der Waals surface area contributed by atoms with Crippen LogP contribution in [0.25, 0.3) is 17.1 Å². The van der Waals surface area contributed by atoms with Crippen molar-refractivity contribution in [3.63, 3.8) is 0 Å². The summed E-state index contributed by atoms with van der Waals surface area (Å²) in [7, 11) is -6.84. The first-order chi connectivity index (χ1) is 19.1. The third-order valence-corrected chi connectivity index (χ3v) is 13.4. The molecule has 0 bridgehead atoms. The highest BCUT2D eigenvalue weighted by Gasteiger charge is 2.44. The maximum absolute atomic E-state index is 15.0. The molecule has 0 aliphatic carbocycles. The first-order valence-corrected chi connectivity index (χ1v) is 17.5. The highest BCUT2D eigenvalue weighted by Crippen LogP contribution is 2.41. The minimum absolute atomic E-state index is 0.0518. The Morgan fingerprint density at radius 1 is 0.951 bits per heavy atom. The van der Waals surface area contributed by atoms with Gasteiger partial charge in [-0.05, 0) is 49.7 Å². The maximum atomic E-state index is 15.0. The van der Waals surface area contributed by atoms with E-state index in [1.807, 2.05) is 40.8 Å². The molecule has 0 aliphatic heterocycles. The SMILES string of the molecule is Cc1cnc([C@@H](O[Si](C)(C)C(C)(C)C)[C@H](C)S(=O)(=O)Nc2nnc(-c3ccccc3)n2-c2c(F)cccc2F)nc1. The van der Waals surface area contributed by atoms with E-state index in [2.05, 4.69) is 24.9 Å². The van der Waals surface area contributed by atoms with Crippen molar-refractivity contribution in [1.82, 2.24) is 24.7 Å². The predicted octanol–water partition coefficient (Wildman–Crippen LogP) is 6.20. The minimum Gasteiger partial charge on any atom is -0.405 e. The number of aromatic nitrogens is 5. The Morgan fingerprint density at radius 3 is 2.10 bits per heavy atom. The molecule has 41 heavy (non-hydrogen) atoms. The van der Waals surface area contributed by atoms with Gasteiger partial charge in [-0.2, -0.15) is 0 Å². The molecule has 0 spiro atoms. The number of nitrogens with one attached hydrogen (secondary N) is 1. The summed E-state index contributed by atoms with van der Waals surface area (Å²) in [5.41, 5.74) is 0.771. The summed E-state index contributed by atoms with van der Waals surface area (Å²) < 4.78 is 67.9. The fourth-order valence-corrected chi connectivity index (χ4v) is 6.30. The summed E-state index contributed by atoms with van der Waals surface area (Å²) in [5, 5.41) is 6.64. The van der Waals surface area contributed by atoms with E-state index in [-0.39, 0.29) is 22.6 Å². The predicted molar refractivity (Wildman–Crippen MR) is 157 cm³/mol. The Morgan fingerprint density at radius 2 is 1.54 bits per heavy atom. The summed E-state index contributed by atoms with van der Waals surface area (Å²) in [5.74, 6) is -1.94. The zero-order valence-corrected chi connectivity index (χ0v) is 25.9. The molecule has 218 valence electrons. The summed E-state index contributed by atoms with van der Waals surface area (Å²) in [4.78, 5) is 8.76. The molecule has 0 amide bonds. The molecule has 0 unspecified atom stereocenters. The molecular formula is C28H34F2N6O3SSi. The number of para-hydroxylation sites is 1. The van der Waals surface area contributed by atoms with Crippen molar-refractivity contribution < 1.29 is 21.6 Å². The van der Waals surface area contributed by atoms with E-state index >= 15 is 8.78 Å². The van der Waals surface area contributed by atoms with Crippen LogP contribution in [-0.2, 0) is 14.4 Å². The first kappa shape index (κ1) is 30.4. The molecule has 13 heteroatoms. The van der Waals surface area contributed by atoms with Gasteiger partial charge in [0.2, 0.25) is 16.0 Å². The number of sulfonamides is 1. The van der Waals surface area contributed by atoms with Crippen molar-refractivity contribution in [2.45, 2.75) is 64.1 Å². The van der Waals surface area contributed by atoms with E-state index in [4.69, 9.17) is 4.43 Å². The van der Waals surface area contributed by atoms with E-state index in [1.165, 1.54) is 13.0 Å². The number of hydrogen-bond acceptors (Lipinski definition) is 7. The molecule has 2 aromatic carbocycles. The van der Waals surface area contributed by atoms with Gasteiger partial charge >= 0.3 is 0 Å². The van der Waals surface area contributed by atoms with E-state index in [0.29, 0.717) is 5.56 Å². The van der Waals surface area contributed by atoms with Gasteiger partial charge in [0, 0.05) is 18.0 Å². The molecule has 2 aromatic heterocycles. The molecule has 1 N–H and O–H groups in total. The molecule has 2 atom stereocenters. The van der Waals surface area contributed by atoms with Crippen LogP contribution in [0.5, 0.6) is 0 Å². The largest absolute Gasteiger partial charge is 0.405 e. The third kappa shape index (κ3) is 6.36. The number of halogens is 2. The van der Waals surface area contributed by atoms with Gasteiger partial charge < -0.3 is 4.43 Å². The van der Waals surface area contributed by atoms with Gasteiger partial charge in [-0.15, -0.1) is 10.2 Å². The van der Waals surface area contributed by atoms with Crippen molar-refractivity contribution in [3.05, 3.63) is 83.9 Å². The number of hydrogen-bond donors (Lipinski definition) is 1. The maximum Gasteiger partial charge on any atom is 0.243 e. The van der Waals surface area contributed by atoms with Crippen molar-refractivity contribution in [2.24, 2.45) is 0 Å². The molecule has 0 fully saturated rings. The van der Waals surface area contributed by atoms with Crippen LogP contribution in [-0.4, -0.2) is 46.7 Å². The number of rotatable bonds is 9. The number of anilines is 1. The standard InChI is InChI=1S/C28H34F2N6O3SSi/c1-18-16-31-25(32-17-18)24(39-41(6,7)28(3,4)5)19(2)40(37,38)35-27-34-33-26(20-12-9-8-10-13-20)36(27)23-21(29)14-11-15-22(23)30/h8-17,19,24H,1-7H3,(H,34,35)/t19-,24-/m0/s1. The molecule has 0 radical (unpaired) electrons. The zero-order chi connectivity index (χ0) is 30.2. The quantitative estimate of drug-likeness (QED) is 0.228. The lowest BCUT2D eigenvalue weighted by atomic mass is 10.2. The van der Waals surface area contributed by atoms with E-state index in [1.54, 1.807) is 42.7 Å². The zero-order valence-electron chi connectivity index (χ0n) is 24.1. The van der Waals surface area contributed by atoms with Crippen LogP contribution in [0.1, 0.15) is 45.2 Å². The number of benzene rings is 2. The van der Waals surface area contributed by atoms with Crippen LogP contribution in [0, 0.1) is 18.6 Å². The molecular weight excluding hydrogens is 566 g/mol. The Kier molecular flexibility index (Phi) is 8.44. The van der Waals surface area contributed by atoms with Crippen molar-refractivity contribution in [2.75, 3.05) is 4.72 Å². The second kappa shape index (κ2) is 11.4. The Labute approximate surface area is 240 Å². The summed E-state index contributed by atoms with van der Waals surface area (Å²) >= 11 is 0. The molecule has 4 aromatic rings. The van der Waals surface area contributed by atoms with Gasteiger partial charge in [-0.25, -0.2) is 27.2 Å². The van der Waals surface area contributed by atoms with E-state index < -0.39 is 47.0 Å².